The third-order valence-electron chi connectivity index (χ3n) is 3.77. The number of unbranched alkanes of at least 4 members (excludes halogenated alkanes) is 5. The molecular formula is C14H28N2O. The lowest BCUT2D eigenvalue weighted by molar-refractivity contribution is -0.130. The van der Waals surface area contributed by atoms with Crippen molar-refractivity contribution >= 4 is 5.91 Å². The maximum Gasteiger partial charge on any atom is 0.222 e. The fourth-order valence-corrected chi connectivity index (χ4v) is 2.41. The SMILES string of the molecule is CCCCCCCCC(=O)N1CC(C)C(N)C1. The summed E-state index contributed by atoms with van der Waals surface area (Å²) in [5.74, 6) is 0.767. The zero-order valence-corrected chi connectivity index (χ0v) is 11.5. The molecule has 1 fully saturated rings. The Morgan fingerprint density at radius 2 is 1.82 bits per heavy atom. The van der Waals surface area contributed by atoms with Gasteiger partial charge in [-0.15, -0.1) is 0 Å². The lowest BCUT2D eigenvalue weighted by Crippen LogP contribution is -2.32. The van der Waals surface area contributed by atoms with E-state index in [1.54, 1.807) is 0 Å². The Kier molecular flexibility index (Phi) is 6.56. The molecule has 3 heteroatoms. The molecule has 0 bridgehead atoms. The van der Waals surface area contributed by atoms with Gasteiger partial charge in [0.05, 0.1) is 0 Å². The number of nitrogens with two attached hydrogens (primary N) is 1. The molecule has 2 atom stereocenters. The number of hydrogen-bond donors (Lipinski definition) is 1. The van der Waals surface area contributed by atoms with Gasteiger partial charge in [0.1, 0.15) is 0 Å². The first-order chi connectivity index (χ1) is 8.15. The summed E-state index contributed by atoms with van der Waals surface area (Å²) >= 11 is 0. The molecule has 0 aromatic rings. The fraction of sp³-hybridized carbons (Fsp3) is 0.929. The van der Waals surface area contributed by atoms with Crippen molar-refractivity contribution < 1.29 is 4.79 Å². The van der Waals surface area contributed by atoms with Crippen molar-refractivity contribution in [2.75, 3.05) is 13.1 Å². The molecule has 0 aromatic heterocycles. The lowest BCUT2D eigenvalue weighted by atomic mass is 10.1. The molecule has 2 N–H and O–H groups in total. The molecule has 1 rings (SSSR count). The second-order valence-electron chi connectivity index (χ2n) is 5.46. The van der Waals surface area contributed by atoms with Crippen molar-refractivity contribution in [1.29, 1.82) is 0 Å². The molecule has 1 saturated heterocycles. The fourth-order valence-electron chi connectivity index (χ4n) is 2.41. The Labute approximate surface area is 106 Å². The molecule has 1 heterocycles. The molecule has 100 valence electrons. The van der Waals surface area contributed by atoms with E-state index in [0.29, 0.717) is 18.2 Å². The number of likely N-dealkylation sites (tertiary alicyclic amines) is 1. The zero-order chi connectivity index (χ0) is 12.7. The summed E-state index contributed by atoms with van der Waals surface area (Å²) < 4.78 is 0. The van der Waals surface area contributed by atoms with Crippen LogP contribution in [0.15, 0.2) is 0 Å². The van der Waals surface area contributed by atoms with Crippen LogP contribution in [-0.2, 0) is 4.79 Å². The second kappa shape index (κ2) is 7.70. The molecule has 1 aliphatic rings. The highest BCUT2D eigenvalue weighted by molar-refractivity contribution is 5.76. The van der Waals surface area contributed by atoms with Crippen LogP contribution in [0, 0.1) is 5.92 Å². The molecule has 0 radical (unpaired) electrons. The minimum absolute atomic E-state index is 0.184. The first kappa shape index (κ1) is 14.5. The Hall–Kier alpha value is -0.570. The van der Waals surface area contributed by atoms with Crippen LogP contribution in [-0.4, -0.2) is 29.9 Å². The van der Waals surface area contributed by atoms with Crippen LogP contribution >= 0.6 is 0 Å². The van der Waals surface area contributed by atoms with Gasteiger partial charge in [-0.05, 0) is 12.3 Å². The van der Waals surface area contributed by atoms with Crippen LogP contribution in [0.4, 0.5) is 0 Å². The maximum atomic E-state index is 11.9. The summed E-state index contributed by atoms with van der Waals surface area (Å²) in [6.45, 7) is 5.97. The molecule has 17 heavy (non-hydrogen) atoms. The van der Waals surface area contributed by atoms with Crippen molar-refractivity contribution in [2.24, 2.45) is 11.7 Å². The standard InChI is InChI=1S/C14H28N2O/c1-3-4-5-6-7-8-9-14(17)16-10-12(2)13(15)11-16/h12-13H,3-11,15H2,1-2H3. The smallest absolute Gasteiger partial charge is 0.222 e. The lowest BCUT2D eigenvalue weighted by Gasteiger charge is -2.15. The van der Waals surface area contributed by atoms with Crippen molar-refractivity contribution in [1.82, 2.24) is 4.90 Å². The highest BCUT2D eigenvalue weighted by Crippen LogP contribution is 2.16. The van der Waals surface area contributed by atoms with Crippen molar-refractivity contribution in [2.45, 2.75) is 64.8 Å². The number of carbonyl (C=O) groups is 1. The monoisotopic (exact) mass is 240 g/mol. The molecule has 0 saturated carbocycles. The van der Waals surface area contributed by atoms with Crippen LogP contribution in [0.5, 0.6) is 0 Å². The maximum absolute atomic E-state index is 11.9. The summed E-state index contributed by atoms with van der Waals surface area (Å²) in [5.41, 5.74) is 5.92. The summed E-state index contributed by atoms with van der Waals surface area (Å²) in [5, 5.41) is 0. The molecule has 1 aliphatic heterocycles. The molecule has 2 unspecified atom stereocenters. The number of hydrogen-bond acceptors (Lipinski definition) is 2. The second-order valence-corrected chi connectivity index (χ2v) is 5.46. The zero-order valence-electron chi connectivity index (χ0n) is 11.5. The van der Waals surface area contributed by atoms with Gasteiger partial charge in [0, 0.05) is 25.6 Å². The first-order valence-electron chi connectivity index (χ1n) is 7.18. The van der Waals surface area contributed by atoms with E-state index in [4.69, 9.17) is 5.73 Å². The highest BCUT2D eigenvalue weighted by Gasteiger charge is 2.29. The van der Waals surface area contributed by atoms with E-state index in [1.807, 2.05) is 4.90 Å². The van der Waals surface area contributed by atoms with Gasteiger partial charge in [-0.1, -0.05) is 46.0 Å². The minimum Gasteiger partial charge on any atom is -0.341 e. The third-order valence-corrected chi connectivity index (χ3v) is 3.77. The number of rotatable bonds is 7. The average molecular weight is 240 g/mol. The van der Waals surface area contributed by atoms with Crippen LogP contribution in [0.25, 0.3) is 0 Å². The van der Waals surface area contributed by atoms with Gasteiger partial charge in [0.15, 0.2) is 0 Å². The van der Waals surface area contributed by atoms with Gasteiger partial charge in [-0.25, -0.2) is 0 Å². The summed E-state index contributed by atoms with van der Waals surface area (Å²) in [6.07, 6.45) is 8.15. The summed E-state index contributed by atoms with van der Waals surface area (Å²) in [6, 6.07) is 0.184. The van der Waals surface area contributed by atoms with Crippen molar-refractivity contribution in [3.05, 3.63) is 0 Å². The number of amides is 1. The first-order valence-corrected chi connectivity index (χ1v) is 7.18. The Bertz CT molecular complexity index is 220. The Morgan fingerprint density at radius 1 is 1.18 bits per heavy atom. The largest absolute Gasteiger partial charge is 0.341 e. The van der Waals surface area contributed by atoms with Crippen LogP contribution in [0.2, 0.25) is 0 Å². The third kappa shape index (κ3) is 5.07. The van der Waals surface area contributed by atoms with Crippen molar-refractivity contribution in [3.63, 3.8) is 0 Å². The van der Waals surface area contributed by atoms with E-state index in [-0.39, 0.29) is 6.04 Å². The molecular weight excluding hydrogens is 212 g/mol. The molecule has 0 spiro atoms. The van der Waals surface area contributed by atoms with E-state index < -0.39 is 0 Å². The number of nitrogens with zero attached hydrogens (tertiary/aromatic N) is 1. The summed E-state index contributed by atoms with van der Waals surface area (Å²) in [7, 11) is 0. The molecule has 0 aromatic carbocycles. The van der Waals surface area contributed by atoms with Crippen LogP contribution in [0.3, 0.4) is 0 Å². The van der Waals surface area contributed by atoms with Gasteiger partial charge in [-0.3, -0.25) is 4.79 Å². The van der Waals surface area contributed by atoms with Gasteiger partial charge in [0.2, 0.25) is 5.91 Å². The normalized spacial score (nSPS) is 24.3. The topological polar surface area (TPSA) is 46.3 Å². The van der Waals surface area contributed by atoms with Gasteiger partial charge in [0.25, 0.3) is 0 Å². The van der Waals surface area contributed by atoms with E-state index >= 15 is 0 Å². The van der Waals surface area contributed by atoms with Gasteiger partial charge < -0.3 is 10.6 Å². The quantitative estimate of drug-likeness (QED) is 0.695. The minimum atomic E-state index is 0.184. The Morgan fingerprint density at radius 3 is 2.41 bits per heavy atom. The predicted molar refractivity (Wildman–Crippen MR) is 71.7 cm³/mol. The van der Waals surface area contributed by atoms with E-state index in [9.17, 15) is 4.79 Å². The van der Waals surface area contributed by atoms with Crippen LogP contribution < -0.4 is 5.73 Å². The van der Waals surface area contributed by atoms with E-state index in [0.717, 1.165) is 19.5 Å². The van der Waals surface area contributed by atoms with Gasteiger partial charge in [-0.2, -0.15) is 0 Å². The number of carbonyl (C=O) groups excluding carboxylic acids is 1. The van der Waals surface area contributed by atoms with Crippen LogP contribution in [0.1, 0.15) is 58.8 Å². The molecule has 3 nitrogen and oxygen atoms in total. The Balaban J connectivity index is 2.05. The van der Waals surface area contributed by atoms with E-state index in [2.05, 4.69) is 13.8 Å². The van der Waals surface area contributed by atoms with E-state index in [1.165, 1.54) is 32.1 Å². The van der Waals surface area contributed by atoms with Crippen molar-refractivity contribution in [3.8, 4) is 0 Å². The van der Waals surface area contributed by atoms with Gasteiger partial charge >= 0.3 is 0 Å². The highest BCUT2D eigenvalue weighted by atomic mass is 16.2. The molecule has 0 aliphatic carbocycles. The predicted octanol–water partition coefficient (Wildman–Crippen LogP) is 2.54. The average Bonchev–Trinajstić information content (AvgIpc) is 2.64. The summed E-state index contributed by atoms with van der Waals surface area (Å²) in [4.78, 5) is 13.8. The molecule has 1 amide bonds.